The highest BCUT2D eigenvalue weighted by molar-refractivity contribution is 7.22. The van der Waals surface area contributed by atoms with Crippen LogP contribution in [0.5, 0.6) is 0 Å². The number of hydrogen-bond donors (Lipinski definition) is 2. The van der Waals surface area contributed by atoms with Crippen LogP contribution in [-0.2, 0) is 0 Å². The van der Waals surface area contributed by atoms with Crippen LogP contribution in [0.2, 0.25) is 0 Å². The van der Waals surface area contributed by atoms with Gasteiger partial charge in [-0.2, -0.15) is 0 Å². The van der Waals surface area contributed by atoms with Crippen molar-refractivity contribution in [3.63, 3.8) is 0 Å². The van der Waals surface area contributed by atoms with E-state index < -0.39 is 0 Å². The first-order valence-electron chi connectivity index (χ1n) is 5.51. The number of aromatic nitrogens is 2. The molecule has 1 fully saturated rings. The minimum absolute atomic E-state index is 0.494. The van der Waals surface area contributed by atoms with E-state index in [4.69, 9.17) is 0 Å². The molecule has 0 aromatic carbocycles. The second-order valence-electron chi connectivity index (χ2n) is 4.25. The average Bonchev–Trinajstić information content (AvgIpc) is 2.85. The number of pyridine rings is 1. The molecule has 1 aliphatic heterocycles. The molecule has 1 saturated heterocycles. The maximum atomic E-state index is 4.53. The minimum atomic E-state index is 0.494. The van der Waals surface area contributed by atoms with Gasteiger partial charge >= 0.3 is 0 Å². The lowest BCUT2D eigenvalue weighted by Gasteiger charge is -2.14. The zero-order valence-electron chi connectivity index (χ0n) is 9.10. The van der Waals surface area contributed by atoms with Gasteiger partial charge in [-0.05, 0) is 18.5 Å². The van der Waals surface area contributed by atoms with Crippen molar-refractivity contribution >= 4 is 26.7 Å². The molecule has 4 nitrogen and oxygen atoms in total. The lowest BCUT2D eigenvalue weighted by molar-refractivity contribution is 0.595. The topological polar surface area (TPSA) is 49.8 Å². The van der Waals surface area contributed by atoms with Crippen molar-refractivity contribution < 1.29 is 0 Å². The molecule has 0 radical (unpaired) electrons. The number of nitrogens with one attached hydrogen (secondary N) is 2. The van der Waals surface area contributed by atoms with E-state index in [0.717, 1.165) is 23.7 Å². The van der Waals surface area contributed by atoms with Crippen LogP contribution in [-0.4, -0.2) is 29.1 Å². The van der Waals surface area contributed by atoms with Gasteiger partial charge < -0.3 is 10.6 Å². The Labute approximate surface area is 98.1 Å². The molecule has 2 atom stereocenters. The fourth-order valence-corrected chi connectivity index (χ4v) is 2.90. The highest BCUT2D eigenvalue weighted by atomic mass is 32.1. The summed E-state index contributed by atoms with van der Waals surface area (Å²) < 4.78 is 1.19. The normalized spacial score (nSPS) is 25.1. The first kappa shape index (κ1) is 9.99. The maximum absolute atomic E-state index is 4.53. The molecule has 2 aromatic rings. The summed E-state index contributed by atoms with van der Waals surface area (Å²) in [6.45, 7) is 4.37. The van der Waals surface area contributed by atoms with E-state index in [2.05, 4.69) is 27.5 Å². The van der Waals surface area contributed by atoms with Crippen LogP contribution in [0.3, 0.4) is 0 Å². The average molecular weight is 234 g/mol. The van der Waals surface area contributed by atoms with Gasteiger partial charge in [0.15, 0.2) is 5.13 Å². The summed E-state index contributed by atoms with van der Waals surface area (Å²) >= 11 is 1.70. The quantitative estimate of drug-likeness (QED) is 0.830. The number of hydrogen-bond acceptors (Lipinski definition) is 5. The summed E-state index contributed by atoms with van der Waals surface area (Å²) in [6.07, 6.45) is 3.62. The second kappa shape index (κ2) is 3.99. The van der Waals surface area contributed by atoms with Crippen LogP contribution < -0.4 is 10.6 Å². The molecule has 0 aliphatic carbocycles. The minimum Gasteiger partial charge on any atom is -0.357 e. The number of fused-ring (bicyclic) bond motifs is 1. The fraction of sp³-hybridized carbons (Fsp3) is 0.455. The zero-order valence-corrected chi connectivity index (χ0v) is 9.92. The molecule has 0 unspecified atom stereocenters. The first-order chi connectivity index (χ1) is 7.83. The summed E-state index contributed by atoms with van der Waals surface area (Å²) in [6, 6.07) is 2.50. The third-order valence-electron chi connectivity index (χ3n) is 3.02. The van der Waals surface area contributed by atoms with Gasteiger partial charge in [0.2, 0.25) is 0 Å². The van der Waals surface area contributed by atoms with Gasteiger partial charge in [-0.25, -0.2) is 4.98 Å². The third-order valence-corrected chi connectivity index (χ3v) is 3.98. The first-order valence-corrected chi connectivity index (χ1v) is 6.32. The predicted octanol–water partition coefficient (Wildman–Crippen LogP) is 1.71. The molecule has 5 heteroatoms. The molecular formula is C11H14N4S. The highest BCUT2D eigenvalue weighted by Crippen LogP contribution is 2.26. The lowest BCUT2D eigenvalue weighted by atomic mass is 10.1. The molecule has 1 aliphatic rings. The zero-order chi connectivity index (χ0) is 11.0. The summed E-state index contributed by atoms with van der Waals surface area (Å²) in [4.78, 5) is 8.60. The third kappa shape index (κ3) is 1.76. The van der Waals surface area contributed by atoms with E-state index in [1.165, 1.54) is 4.70 Å². The highest BCUT2D eigenvalue weighted by Gasteiger charge is 2.23. The second-order valence-corrected chi connectivity index (χ2v) is 5.28. The lowest BCUT2D eigenvalue weighted by Crippen LogP contribution is -2.26. The van der Waals surface area contributed by atoms with E-state index in [0.29, 0.717) is 12.0 Å². The van der Waals surface area contributed by atoms with Crippen LogP contribution >= 0.6 is 11.3 Å². The van der Waals surface area contributed by atoms with Gasteiger partial charge in [0, 0.05) is 18.8 Å². The van der Waals surface area contributed by atoms with Gasteiger partial charge in [-0.15, -0.1) is 0 Å². The number of thiazole rings is 1. The molecule has 16 heavy (non-hydrogen) atoms. The van der Waals surface area contributed by atoms with Crippen LogP contribution in [0, 0.1) is 5.92 Å². The Morgan fingerprint density at radius 1 is 1.50 bits per heavy atom. The van der Waals surface area contributed by atoms with E-state index in [9.17, 15) is 0 Å². The monoisotopic (exact) mass is 234 g/mol. The molecule has 0 amide bonds. The Bertz CT molecular complexity index is 462. The fourth-order valence-electron chi connectivity index (χ4n) is 2.00. The van der Waals surface area contributed by atoms with Crippen molar-refractivity contribution in [2.45, 2.75) is 13.0 Å². The van der Waals surface area contributed by atoms with Crippen LogP contribution in [0.4, 0.5) is 5.13 Å². The Kier molecular flexibility index (Phi) is 2.49. The molecule has 2 N–H and O–H groups in total. The van der Waals surface area contributed by atoms with Crippen molar-refractivity contribution in [3.8, 4) is 0 Å². The summed E-state index contributed by atoms with van der Waals surface area (Å²) in [5.41, 5.74) is 0.980. The Morgan fingerprint density at radius 3 is 3.19 bits per heavy atom. The molecular weight excluding hydrogens is 220 g/mol. The number of anilines is 1. The molecule has 3 rings (SSSR count). The van der Waals surface area contributed by atoms with Gasteiger partial charge in [0.1, 0.15) is 5.52 Å². The van der Waals surface area contributed by atoms with Crippen molar-refractivity contribution in [3.05, 3.63) is 18.5 Å². The predicted molar refractivity (Wildman–Crippen MR) is 66.9 cm³/mol. The number of nitrogens with zero attached hydrogens (tertiary/aromatic N) is 2. The van der Waals surface area contributed by atoms with Gasteiger partial charge in [0.25, 0.3) is 0 Å². The molecule has 0 saturated carbocycles. The van der Waals surface area contributed by atoms with Crippen molar-refractivity contribution in [1.82, 2.24) is 15.3 Å². The molecule has 0 bridgehead atoms. The van der Waals surface area contributed by atoms with Gasteiger partial charge in [0.05, 0.1) is 10.9 Å². The SMILES string of the molecule is C[C@H]1CNC[C@@H]1Nc1nc2cnccc2s1. The van der Waals surface area contributed by atoms with E-state index in [1.807, 2.05) is 18.5 Å². The maximum Gasteiger partial charge on any atom is 0.184 e. The van der Waals surface area contributed by atoms with E-state index in [1.54, 1.807) is 11.3 Å². The number of rotatable bonds is 2. The molecule has 3 heterocycles. The van der Waals surface area contributed by atoms with E-state index in [-0.39, 0.29) is 0 Å². The van der Waals surface area contributed by atoms with Crippen molar-refractivity contribution in [1.29, 1.82) is 0 Å². The molecule has 0 spiro atoms. The summed E-state index contributed by atoms with van der Waals surface area (Å²) in [5, 5.41) is 7.88. The van der Waals surface area contributed by atoms with Gasteiger partial charge in [-0.3, -0.25) is 4.98 Å². The van der Waals surface area contributed by atoms with Gasteiger partial charge in [-0.1, -0.05) is 18.3 Å². The summed E-state index contributed by atoms with van der Waals surface area (Å²) in [7, 11) is 0. The Morgan fingerprint density at radius 2 is 2.44 bits per heavy atom. The van der Waals surface area contributed by atoms with Crippen LogP contribution in [0.25, 0.3) is 10.2 Å². The molecule has 84 valence electrons. The van der Waals surface area contributed by atoms with Crippen molar-refractivity contribution in [2.75, 3.05) is 18.4 Å². The standard InChI is InChI=1S/C11H14N4S/c1-7-4-13-5-8(7)14-11-15-9-6-12-3-2-10(9)16-11/h2-3,6-8,13H,4-5H2,1H3,(H,14,15)/t7-,8-/m0/s1. The van der Waals surface area contributed by atoms with Crippen molar-refractivity contribution in [2.24, 2.45) is 5.92 Å². The smallest absolute Gasteiger partial charge is 0.184 e. The van der Waals surface area contributed by atoms with Crippen LogP contribution in [0.15, 0.2) is 18.5 Å². The Hall–Kier alpha value is -1.20. The van der Waals surface area contributed by atoms with E-state index >= 15 is 0 Å². The van der Waals surface area contributed by atoms with Crippen LogP contribution in [0.1, 0.15) is 6.92 Å². The Balaban J connectivity index is 1.83. The largest absolute Gasteiger partial charge is 0.357 e. The summed E-state index contributed by atoms with van der Waals surface area (Å²) in [5.74, 6) is 0.658. The molecule has 2 aromatic heterocycles.